The van der Waals surface area contributed by atoms with Crippen LogP contribution < -0.4 is 0 Å². The van der Waals surface area contributed by atoms with Crippen LogP contribution in [0.15, 0.2) is 12.2 Å². The Morgan fingerprint density at radius 3 is 0.806 bits per heavy atom. The van der Waals surface area contributed by atoms with Crippen molar-refractivity contribution < 1.29 is 28.6 Å². The summed E-state index contributed by atoms with van der Waals surface area (Å²) in [5.41, 5.74) is 0. The van der Waals surface area contributed by atoms with Crippen LogP contribution in [0.3, 0.4) is 0 Å². The maximum Gasteiger partial charge on any atom is 0.306 e. The summed E-state index contributed by atoms with van der Waals surface area (Å²) in [6.07, 6.45) is 57.7. The first-order valence-corrected chi connectivity index (χ1v) is 27.7. The van der Waals surface area contributed by atoms with Gasteiger partial charge in [0.05, 0.1) is 0 Å². The van der Waals surface area contributed by atoms with Gasteiger partial charge in [0.15, 0.2) is 6.10 Å². The van der Waals surface area contributed by atoms with E-state index in [1.54, 1.807) is 0 Å². The van der Waals surface area contributed by atoms with Gasteiger partial charge in [0, 0.05) is 19.3 Å². The predicted octanol–water partition coefficient (Wildman–Crippen LogP) is 18.2. The fourth-order valence-corrected chi connectivity index (χ4v) is 8.32. The number of carbonyl (C=O) groups excluding carboxylic acids is 3. The Kier molecular flexibility index (Phi) is 50.2. The van der Waals surface area contributed by atoms with Crippen LogP contribution in [-0.2, 0) is 28.6 Å². The number of hydrogen-bond acceptors (Lipinski definition) is 6. The third-order valence-electron chi connectivity index (χ3n) is 12.5. The van der Waals surface area contributed by atoms with Gasteiger partial charge in [-0.1, -0.05) is 258 Å². The van der Waals surface area contributed by atoms with Gasteiger partial charge in [0.2, 0.25) is 0 Å². The van der Waals surface area contributed by atoms with Gasteiger partial charge >= 0.3 is 17.9 Å². The van der Waals surface area contributed by atoms with E-state index in [4.69, 9.17) is 14.2 Å². The molecule has 0 saturated carbocycles. The largest absolute Gasteiger partial charge is 0.462 e. The first-order valence-electron chi connectivity index (χ1n) is 27.7. The molecule has 0 amide bonds. The third kappa shape index (κ3) is 49.2. The molecule has 6 nitrogen and oxygen atoms in total. The Hall–Kier alpha value is -1.85. The molecule has 0 aromatic heterocycles. The van der Waals surface area contributed by atoms with Crippen LogP contribution in [0, 0.1) is 0 Å². The molecule has 0 saturated heterocycles. The highest BCUT2D eigenvalue weighted by Gasteiger charge is 2.19. The highest BCUT2D eigenvalue weighted by Crippen LogP contribution is 2.17. The average Bonchev–Trinajstić information content (AvgIpc) is 3.27. The molecule has 366 valence electrons. The van der Waals surface area contributed by atoms with E-state index < -0.39 is 6.10 Å². The number of esters is 3. The summed E-state index contributed by atoms with van der Waals surface area (Å²) >= 11 is 0. The maximum absolute atomic E-state index is 12.8. The van der Waals surface area contributed by atoms with Crippen LogP contribution in [-0.4, -0.2) is 37.2 Å². The molecular weight excluding hydrogens is 769 g/mol. The molecule has 6 heteroatoms. The molecule has 0 heterocycles. The van der Waals surface area contributed by atoms with Crippen LogP contribution in [0.1, 0.15) is 310 Å². The standard InChI is InChI=1S/C56H106O6/c1-4-7-10-13-16-19-22-24-26-27-28-30-31-34-37-40-43-46-49-55(58)61-52-53(51-60-54(57)48-45-42-39-36-33-21-18-15-12-9-6-3)62-56(59)50-47-44-41-38-35-32-29-25-23-20-17-14-11-8-5-2/h25,29,53H,4-24,26-28,30-52H2,1-3H3/b29-25-. The van der Waals surface area contributed by atoms with Gasteiger partial charge in [-0.05, 0) is 44.9 Å². The van der Waals surface area contributed by atoms with E-state index in [2.05, 4.69) is 32.9 Å². The Morgan fingerprint density at radius 1 is 0.306 bits per heavy atom. The second kappa shape index (κ2) is 51.8. The monoisotopic (exact) mass is 875 g/mol. The van der Waals surface area contributed by atoms with Crippen molar-refractivity contribution in [1.29, 1.82) is 0 Å². The quantitative estimate of drug-likeness (QED) is 0.0262. The van der Waals surface area contributed by atoms with Crippen molar-refractivity contribution in [1.82, 2.24) is 0 Å². The average molecular weight is 875 g/mol. The minimum Gasteiger partial charge on any atom is -0.462 e. The highest BCUT2D eigenvalue weighted by molar-refractivity contribution is 5.71. The number of rotatable bonds is 51. The van der Waals surface area contributed by atoms with Gasteiger partial charge in [-0.2, -0.15) is 0 Å². The molecule has 0 aromatic rings. The van der Waals surface area contributed by atoms with E-state index in [-0.39, 0.29) is 31.1 Å². The van der Waals surface area contributed by atoms with Gasteiger partial charge in [0.1, 0.15) is 13.2 Å². The Labute approximate surface area is 386 Å². The van der Waals surface area contributed by atoms with Crippen molar-refractivity contribution in [2.45, 2.75) is 316 Å². The third-order valence-corrected chi connectivity index (χ3v) is 12.5. The molecule has 0 aromatic carbocycles. The van der Waals surface area contributed by atoms with Gasteiger partial charge in [0.25, 0.3) is 0 Å². The smallest absolute Gasteiger partial charge is 0.306 e. The number of carbonyl (C=O) groups is 3. The number of hydrogen-bond donors (Lipinski definition) is 0. The van der Waals surface area contributed by atoms with Gasteiger partial charge in [-0.15, -0.1) is 0 Å². The van der Waals surface area contributed by atoms with Crippen molar-refractivity contribution in [2.75, 3.05) is 13.2 Å². The Morgan fingerprint density at radius 2 is 0.532 bits per heavy atom. The van der Waals surface area contributed by atoms with Crippen LogP contribution in [0.5, 0.6) is 0 Å². The Bertz CT molecular complexity index is 962. The van der Waals surface area contributed by atoms with E-state index >= 15 is 0 Å². The van der Waals surface area contributed by atoms with Crippen LogP contribution in [0.2, 0.25) is 0 Å². The van der Waals surface area contributed by atoms with Crippen molar-refractivity contribution in [3.63, 3.8) is 0 Å². The van der Waals surface area contributed by atoms with Gasteiger partial charge in [-0.3, -0.25) is 14.4 Å². The number of allylic oxidation sites excluding steroid dienone is 2. The van der Waals surface area contributed by atoms with Gasteiger partial charge < -0.3 is 14.2 Å². The summed E-state index contributed by atoms with van der Waals surface area (Å²) in [5.74, 6) is -0.856. The second-order valence-corrected chi connectivity index (χ2v) is 18.9. The molecule has 1 atom stereocenters. The van der Waals surface area contributed by atoms with E-state index in [1.807, 2.05) is 0 Å². The lowest BCUT2D eigenvalue weighted by atomic mass is 10.0. The summed E-state index contributed by atoms with van der Waals surface area (Å²) in [6.45, 7) is 6.67. The van der Waals surface area contributed by atoms with Crippen molar-refractivity contribution in [2.24, 2.45) is 0 Å². The first kappa shape index (κ1) is 60.2. The first-order chi connectivity index (χ1) is 30.5. The molecule has 0 aliphatic heterocycles. The van der Waals surface area contributed by atoms with Crippen molar-refractivity contribution >= 4 is 17.9 Å². The number of unbranched alkanes of at least 4 members (excludes halogenated alkanes) is 38. The molecule has 1 unspecified atom stereocenters. The fraction of sp³-hybridized carbons (Fsp3) is 0.911. The molecular formula is C56H106O6. The molecule has 0 spiro atoms. The zero-order valence-electron chi connectivity index (χ0n) is 41.9. The lowest BCUT2D eigenvalue weighted by molar-refractivity contribution is -0.167. The summed E-state index contributed by atoms with van der Waals surface area (Å²) in [4.78, 5) is 38.0. The molecule has 0 radical (unpaired) electrons. The number of ether oxygens (including phenoxy) is 3. The summed E-state index contributed by atoms with van der Waals surface area (Å²) < 4.78 is 16.8. The topological polar surface area (TPSA) is 78.9 Å². The van der Waals surface area contributed by atoms with Crippen LogP contribution in [0.4, 0.5) is 0 Å². The van der Waals surface area contributed by atoms with Crippen molar-refractivity contribution in [3.05, 3.63) is 12.2 Å². The molecule has 0 bridgehead atoms. The van der Waals surface area contributed by atoms with Gasteiger partial charge in [-0.25, -0.2) is 0 Å². The molecule has 0 rings (SSSR count). The molecule has 0 N–H and O–H groups in total. The van der Waals surface area contributed by atoms with E-state index in [0.29, 0.717) is 19.3 Å². The zero-order valence-corrected chi connectivity index (χ0v) is 41.9. The van der Waals surface area contributed by atoms with Crippen LogP contribution in [0.25, 0.3) is 0 Å². The lowest BCUT2D eigenvalue weighted by Gasteiger charge is -2.18. The minimum atomic E-state index is -0.767. The maximum atomic E-state index is 12.8. The lowest BCUT2D eigenvalue weighted by Crippen LogP contribution is -2.30. The molecule has 62 heavy (non-hydrogen) atoms. The highest BCUT2D eigenvalue weighted by atomic mass is 16.6. The fourth-order valence-electron chi connectivity index (χ4n) is 8.32. The molecule has 0 aliphatic carbocycles. The van der Waals surface area contributed by atoms with Crippen LogP contribution >= 0.6 is 0 Å². The van der Waals surface area contributed by atoms with E-state index in [9.17, 15) is 14.4 Å². The zero-order chi connectivity index (χ0) is 45.1. The minimum absolute atomic E-state index is 0.0677. The predicted molar refractivity (Wildman–Crippen MR) is 266 cm³/mol. The summed E-state index contributed by atoms with van der Waals surface area (Å²) in [6, 6.07) is 0. The molecule has 0 aliphatic rings. The summed E-state index contributed by atoms with van der Waals surface area (Å²) in [5, 5.41) is 0. The van der Waals surface area contributed by atoms with E-state index in [0.717, 1.165) is 64.2 Å². The Balaban J connectivity index is 4.29. The summed E-state index contributed by atoms with van der Waals surface area (Å²) in [7, 11) is 0. The molecule has 0 fully saturated rings. The van der Waals surface area contributed by atoms with Crippen molar-refractivity contribution in [3.8, 4) is 0 Å². The SMILES string of the molecule is CCCCCCCC/C=C\CCCCCCCC(=O)OC(COC(=O)CCCCCCCCCCCCC)COC(=O)CCCCCCCCCCCCCCCCCCCC. The van der Waals surface area contributed by atoms with E-state index in [1.165, 1.54) is 205 Å². The normalized spacial score (nSPS) is 12.0. The second-order valence-electron chi connectivity index (χ2n) is 18.9.